The van der Waals surface area contributed by atoms with Gasteiger partial charge in [-0.15, -0.1) is 0 Å². The summed E-state index contributed by atoms with van der Waals surface area (Å²) in [6.07, 6.45) is -2.70. The Morgan fingerprint density at radius 1 is 1.23 bits per heavy atom. The molecular weight excluding hydrogens is 411 g/mol. The van der Waals surface area contributed by atoms with Crippen LogP contribution in [-0.2, 0) is 15.9 Å². The zero-order valence-corrected chi connectivity index (χ0v) is 15.9. The lowest BCUT2D eigenvalue weighted by Crippen LogP contribution is -2.40. The first-order valence-corrected chi connectivity index (χ1v) is 9.03. The van der Waals surface area contributed by atoms with Crippen molar-refractivity contribution in [2.24, 2.45) is 0 Å². The summed E-state index contributed by atoms with van der Waals surface area (Å²) < 4.78 is 64.2. The first kappa shape index (κ1) is 21.9. The molecular formula is C19H19F5N4O2. The summed E-state index contributed by atoms with van der Waals surface area (Å²) in [5.41, 5.74) is -2.71. The number of aliphatic hydroxyl groups is 1. The molecule has 1 atom stereocenters. The highest BCUT2D eigenvalue weighted by Crippen LogP contribution is 2.45. The van der Waals surface area contributed by atoms with Gasteiger partial charge in [0.15, 0.2) is 0 Å². The van der Waals surface area contributed by atoms with Gasteiger partial charge in [-0.3, -0.25) is 4.79 Å². The third-order valence-corrected chi connectivity index (χ3v) is 4.74. The highest BCUT2D eigenvalue weighted by atomic mass is 19.4. The van der Waals surface area contributed by atoms with E-state index in [1.165, 1.54) is 19.2 Å². The number of hydrogen-bond donors (Lipinski definition) is 3. The maximum atomic E-state index is 14.0. The highest BCUT2D eigenvalue weighted by Gasteiger charge is 2.48. The van der Waals surface area contributed by atoms with Crippen molar-refractivity contribution in [1.82, 2.24) is 15.3 Å². The molecule has 2 aromatic rings. The number of carbonyl (C=O) groups excluding carboxylic acids is 1. The van der Waals surface area contributed by atoms with Gasteiger partial charge >= 0.3 is 6.18 Å². The fraction of sp³-hybridized carbons (Fsp3) is 0.421. The molecule has 30 heavy (non-hydrogen) atoms. The lowest BCUT2D eigenvalue weighted by Gasteiger charge is -2.25. The maximum Gasteiger partial charge on any atom is 0.405 e. The van der Waals surface area contributed by atoms with E-state index >= 15 is 0 Å². The van der Waals surface area contributed by atoms with Gasteiger partial charge in [0.25, 0.3) is 0 Å². The van der Waals surface area contributed by atoms with Gasteiger partial charge in [-0.25, -0.2) is 18.7 Å². The second-order valence-electron chi connectivity index (χ2n) is 7.44. The van der Waals surface area contributed by atoms with Crippen LogP contribution in [0.1, 0.15) is 37.4 Å². The van der Waals surface area contributed by atoms with Crippen molar-refractivity contribution in [2.45, 2.75) is 43.5 Å². The minimum atomic E-state index is -4.44. The normalized spacial score (nSPS) is 17.2. The van der Waals surface area contributed by atoms with E-state index in [9.17, 15) is 31.9 Å². The van der Waals surface area contributed by atoms with Crippen LogP contribution >= 0.6 is 0 Å². The van der Waals surface area contributed by atoms with Crippen molar-refractivity contribution in [3.8, 4) is 0 Å². The summed E-state index contributed by atoms with van der Waals surface area (Å²) in [6, 6.07) is 4.13. The number of alkyl halides is 3. The van der Waals surface area contributed by atoms with Gasteiger partial charge in [0, 0.05) is 17.8 Å². The number of amides is 1. The second-order valence-corrected chi connectivity index (χ2v) is 7.44. The average molecular weight is 430 g/mol. The van der Waals surface area contributed by atoms with Crippen molar-refractivity contribution >= 4 is 11.9 Å². The zero-order chi connectivity index (χ0) is 22.2. The van der Waals surface area contributed by atoms with Crippen molar-refractivity contribution < 1.29 is 31.9 Å². The molecule has 1 aliphatic rings. The van der Waals surface area contributed by atoms with Gasteiger partial charge in [-0.2, -0.15) is 13.2 Å². The van der Waals surface area contributed by atoms with Crippen LogP contribution < -0.4 is 10.6 Å². The van der Waals surface area contributed by atoms with Gasteiger partial charge in [0.05, 0.1) is 23.3 Å². The summed E-state index contributed by atoms with van der Waals surface area (Å²) in [7, 11) is 0. The van der Waals surface area contributed by atoms with E-state index in [2.05, 4.69) is 20.6 Å². The molecule has 0 saturated heterocycles. The average Bonchev–Trinajstić information content (AvgIpc) is 3.39. The number of benzene rings is 1. The summed E-state index contributed by atoms with van der Waals surface area (Å²) >= 11 is 0. The van der Waals surface area contributed by atoms with E-state index in [-0.39, 0.29) is 11.5 Å². The zero-order valence-electron chi connectivity index (χ0n) is 15.9. The Morgan fingerprint density at radius 2 is 1.93 bits per heavy atom. The molecule has 0 spiro atoms. The predicted molar refractivity (Wildman–Crippen MR) is 96.2 cm³/mol. The van der Waals surface area contributed by atoms with E-state index in [0.717, 1.165) is 12.1 Å². The molecule has 1 fully saturated rings. The van der Waals surface area contributed by atoms with E-state index in [0.29, 0.717) is 24.6 Å². The number of nitrogens with one attached hydrogen (secondary N) is 2. The van der Waals surface area contributed by atoms with Gasteiger partial charge in [-0.1, -0.05) is 6.07 Å². The van der Waals surface area contributed by atoms with Crippen LogP contribution in [0.5, 0.6) is 0 Å². The van der Waals surface area contributed by atoms with Crippen molar-refractivity contribution in [3.63, 3.8) is 0 Å². The lowest BCUT2D eigenvalue weighted by atomic mass is 9.91. The van der Waals surface area contributed by atoms with Crippen LogP contribution in [0.3, 0.4) is 0 Å². The molecule has 0 radical (unpaired) electrons. The molecule has 6 nitrogen and oxygen atoms in total. The van der Waals surface area contributed by atoms with Gasteiger partial charge in [0.1, 0.15) is 18.2 Å². The molecule has 1 saturated carbocycles. The van der Waals surface area contributed by atoms with E-state index in [4.69, 9.17) is 0 Å². The van der Waals surface area contributed by atoms with E-state index < -0.39 is 47.8 Å². The molecule has 1 amide bonds. The Balaban J connectivity index is 1.69. The number of nitrogens with zero attached hydrogens (tertiary/aromatic N) is 2. The Morgan fingerprint density at radius 3 is 2.53 bits per heavy atom. The minimum Gasteiger partial charge on any atom is -0.385 e. The molecule has 1 heterocycles. The Bertz CT molecular complexity index is 945. The van der Waals surface area contributed by atoms with Gasteiger partial charge < -0.3 is 15.7 Å². The molecule has 1 unspecified atom stereocenters. The lowest BCUT2D eigenvalue weighted by molar-refractivity contribution is -0.127. The number of halogens is 5. The van der Waals surface area contributed by atoms with Crippen molar-refractivity contribution in [2.75, 3.05) is 11.9 Å². The topological polar surface area (TPSA) is 87.1 Å². The van der Waals surface area contributed by atoms with Gasteiger partial charge in [-0.05, 0) is 31.9 Å². The highest BCUT2D eigenvalue weighted by molar-refractivity contribution is 5.78. The molecule has 1 aromatic heterocycles. The predicted octanol–water partition coefficient (Wildman–Crippen LogP) is 3.13. The monoisotopic (exact) mass is 430 g/mol. The van der Waals surface area contributed by atoms with Crippen molar-refractivity contribution in [1.29, 1.82) is 0 Å². The van der Waals surface area contributed by atoms with Gasteiger partial charge in [0.2, 0.25) is 11.9 Å². The molecule has 3 rings (SSSR count). The second kappa shape index (κ2) is 7.78. The Labute approximate surface area is 168 Å². The third kappa shape index (κ3) is 5.21. The molecule has 0 bridgehead atoms. The number of rotatable bonds is 7. The SMILES string of the molecule is CC(O)(CC(=O)NC1(c2ccnc(NCC(F)(F)F)n2)CC1)c1ccc(F)cc1F. The minimum absolute atomic E-state index is 0.231. The number of anilines is 1. The van der Waals surface area contributed by atoms with E-state index in [1.807, 2.05) is 0 Å². The quantitative estimate of drug-likeness (QED) is 0.588. The number of aromatic nitrogens is 2. The van der Waals surface area contributed by atoms with Crippen LogP contribution in [0.15, 0.2) is 30.5 Å². The molecule has 162 valence electrons. The molecule has 1 aliphatic carbocycles. The standard InChI is InChI=1S/C19H19F5N4O2/c1-17(30,12-3-2-11(20)8-13(12)21)9-15(29)28-18(5-6-18)14-4-7-25-16(27-14)26-10-19(22,23)24/h2-4,7-8,30H,5-6,9-10H2,1H3,(H,28,29)(H,25,26,27). The summed E-state index contributed by atoms with van der Waals surface area (Å²) in [5, 5.41) is 15.3. The molecule has 11 heteroatoms. The first-order valence-electron chi connectivity index (χ1n) is 9.03. The molecule has 1 aromatic carbocycles. The van der Waals surface area contributed by atoms with Crippen LogP contribution in [0.4, 0.5) is 27.9 Å². The maximum absolute atomic E-state index is 14.0. The molecule has 0 aliphatic heterocycles. The summed E-state index contributed by atoms with van der Waals surface area (Å²) in [4.78, 5) is 20.3. The fourth-order valence-electron chi connectivity index (χ4n) is 3.11. The van der Waals surface area contributed by atoms with Crippen LogP contribution in [0, 0.1) is 11.6 Å². The smallest absolute Gasteiger partial charge is 0.385 e. The number of carbonyl (C=O) groups is 1. The van der Waals surface area contributed by atoms with Crippen LogP contribution in [0.25, 0.3) is 0 Å². The third-order valence-electron chi connectivity index (χ3n) is 4.74. The van der Waals surface area contributed by atoms with E-state index in [1.54, 1.807) is 0 Å². The summed E-state index contributed by atoms with van der Waals surface area (Å²) in [5.74, 6) is -2.65. The molecule has 3 N–H and O–H groups in total. The van der Waals surface area contributed by atoms with Crippen LogP contribution in [0.2, 0.25) is 0 Å². The largest absolute Gasteiger partial charge is 0.405 e. The Hall–Kier alpha value is -2.82. The Kier molecular flexibility index (Phi) is 5.68. The fourth-order valence-corrected chi connectivity index (χ4v) is 3.11. The van der Waals surface area contributed by atoms with Crippen LogP contribution in [-0.4, -0.2) is 33.7 Å². The summed E-state index contributed by atoms with van der Waals surface area (Å²) in [6.45, 7) is -0.0752. The van der Waals surface area contributed by atoms with Crippen molar-refractivity contribution in [3.05, 3.63) is 53.4 Å². The first-order chi connectivity index (χ1) is 13.9. The number of hydrogen-bond acceptors (Lipinski definition) is 5.